The molecular weight excluding hydrogens is 300 g/mol. The van der Waals surface area contributed by atoms with E-state index in [-0.39, 0.29) is 12.5 Å². The van der Waals surface area contributed by atoms with Gasteiger partial charge < -0.3 is 14.6 Å². The zero-order valence-corrected chi connectivity index (χ0v) is 11.7. The second kappa shape index (κ2) is 5.09. The van der Waals surface area contributed by atoms with Crippen molar-refractivity contribution in [3.8, 4) is 28.6 Å². The lowest BCUT2D eigenvalue weighted by Crippen LogP contribution is -2.04. The summed E-state index contributed by atoms with van der Waals surface area (Å²) in [4.78, 5) is 15.6. The number of carbonyl (C=O) groups is 1. The molecule has 114 valence electrons. The summed E-state index contributed by atoms with van der Waals surface area (Å²) in [6, 6.07) is 10.4. The third kappa shape index (κ3) is 2.16. The lowest BCUT2D eigenvalue weighted by molar-refractivity contribution is 0.0691. The number of benzene rings is 1. The minimum Gasteiger partial charge on any atom is -0.476 e. The zero-order valence-electron chi connectivity index (χ0n) is 11.7. The van der Waals surface area contributed by atoms with E-state index in [0.717, 1.165) is 0 Å². The van der Waals surface area contributed by atoms with Crippen LogP contribution in [0.25, 0.3) is 17.1 Å². The normalized spacial score (nSPS) is 12.3. The fourth-order valence-corrected chi connectivity index (χ4v) is 2.36. The van der Waals surface area contributed by atoms with E-state index in [0.29, 0.717) is 28.6 Å². The van der Waals surface area contributed by atoms with Crippen LogP contribution in [0.1, 0.15) is 10.5 Å². The molecule has 0 unspecified atom stereocenters. The third-order valence-electron chi connectivity index (χ3n) is 3.38. The van der Waals surface area contributed by atoms with Crippen LogP contribution >= 0.6 is 0 Å². The second-order valence-electron chi connectivity index (χ2n) is 4.76. The third-order valence-corrected chi connectivity index (χ3v) is 3.38. The van der Waals surface area contributed by atoms with Gasteiger partial charge in [0.05, 0.1) is 11.4 Å². The minimum atomic E-state index is -1.17. The Balaban J connectivity index is 1.91. The number of nitrogens with zero attached hydrogens (tertiary/aromatic N) is 4. The molecule has 0 fully saturated rings. The van der Waals surface area contributed by atoms with Gasteiger partial charge in [-0.1, -0.05) is 11.3 Å². The van der Waals surface area contributed by atoms with E-state index >= 15 is 0 Å². The van der Waals surface area contributed by atoms with Gasteiger partial charge in [0.25, 0.3) is 0 Å². The molecule has 8 nitrogen and oxygen atoms in total. The van der Waals surface area contributed by atoms with Crippen molar-refractivity contribution in [3.05, 3.63) is 48.3 Å². The zero-order chi connectivity index (χ0) is 15.8. The molecule has 0 bridgehead atoms. The number of hydrogen-bond acceptors (Lipinski definition) is 6. The molecule has 1 N–H and O–H groups in total. The maximum absolute atomic E-state index is 11.4. The Labute approximate surface area is 129 Å². The molecule has 0 saturated carbocycles. The van der Waals surface area contributed by atoms with E-state index in [9.17, 15) is 9.90 Å². The molecule has 2 aromatic heterocycles. The van der Waals surface area contributed by atoms with E-state index in [2.05, 4.69) is 15.3 Å². The lowest BCUT2D eigenvalue weighted by Gasteiger charge is -2.07. The van der Waals surface area contributed by atoms with E-state index in [1.807, 2.05) is 0 Å². The summed E-state index contributed by atoms with van der Waals surface area (Å²) in [5.41, 5.74) is 1.21. The molecule has 1 aliphatic heterocycles. The Morgan fingerprint density at radius 3 is 2.83 bits per heavy atom. The summed E-state index contributed by atoms with van der Waals surface area (Å²) in [5, 5.41) is 17.1. The van der Waals surface area contributed by atoms with Crippen LogP contribution in [-0.4, -0.2) is 37.8 Å². The molecule has 0 aliphatic carbocycles. The maximum atomic E-state index is 11.4. The fourth-order valence-electron chi connectivity index (χ4n) is 2.36. The number of pyridine rings is 1. The molecule has 3 heterocycles. The predicted octanol–water partition coefficient (Wildman–Crippen LogP) is 1.76. The van der Waals surface area contributed by atoms with E-state index in [1.54, 1.807) is 42.6 Å². The van der Waals surface area contributed by atoms with Gasteiger partial charge in [-0.2, -0.15) is 0 Å². The molecule has 4 rings (SSSR count). The van der Waals surface area contributed by atoms with Crippen molar-refractivity contribution in [2.75, 3.05) is 6.79 Å². The highest BCUT2D eigenvalue weighted by Crippen LogP contribution is 2.34. The second-order valence-corrected chi connectivity index (χ2v) is 4.76. The van der Waals surface area contributed by atoms with Gasteiger partial charge in [-0.05, 0) is 24.3 Å². The van der Waals surface area contributed by atoms with Crippen molar-refractivity contribution < 1.29 is 19.4 Å². The molecular formula is C15H10N4O4. The van der Waals surface area contributed by atoms with Crippen LogP contribution in [0.3, 0.4) is 0 Å². The van der Waals surface area contributed by atoms with Gasteiger partial charge in [-0.3, -0.25) is 4.98 Å². The van der Waals surface area contributed by atoms with E-state index in [1.165, 1.54) is 4.68 Å². The first-order chi connectivity index (χ1) is 11.2. The van der Waals surface area contributed by atoms with Crippen LogP contribution in [0.5, 0.6) is 11.5 Å². The summed E-state index contributed by atoms with van der Waals surface area (Å²) in [7, 11) is 0. The Morgan fingerprint density at radius 2 is 2.04 bits per heavy atom. The van der Waals surface area contributed by atoms with Crippen LogP contribution in [0, 0.1) is 0 Å². The van der Waals surface area contributed by atoms with Crippen molar-refractivity contribution in [1.29, 1.82) is 0 Å². The van der Waals surface area contributed by atoms with Crippen molar-refractivity contribution in [3.63, 3.8) is 0 Å². The average molecular weight is 310 g/mol. The minimum absolute atomic E-state index is 0.156. The molecule has 0 spiro atoms. The van der Waals surface area contributed by atoms with Gasteiger partial charge in [-0.25, -0.2) is 9.48 Å². The molecule has 0 radical (unpaired) electrons. The summed E-state index contributed by atoms with van der Waals surface area (Å²) in [6.07, 6.45) is 1.58. The highest BCUT2D eigenvalue weighted by Gasteiger charge is 2.23. The van der Waals surface area contributed by atoms with Crippen molar-refractivity contribution in [2.24, 2.45) is 0 Å². The molecule has 3 aromatic rings. The van der Waals surface area contributed by atoms with E-state index < -0.39 is 5.97 Å². The molecule has 8 heteroatoms. The number of aromatic carboxylic acids is 1. The van der Waals surface area contributed by atoms with Crippen LogP contribution in [0.2, 0.25) is 0 Å². The topological polar surface area (TPSA) is 99.4 Å². The Kier molecular flexibility index (Phi) is 2.94. The Morgan fingerprint density at radius 1 is 1.17 bits per heavy atom. The fraction of sp³-hybridized carbons (Fsp3) is 0.0667. The van der Waals surface area contributed by atoms with Gasteiger partial charge in [0.2, 0.25) is 6.79 Å². The van der Waals surface area contributed by atoms with Crippen LogP contribution in [0.15, 0.2) is 42.6 Å². The van der Waals surface area contributed by atoms with Crippen LogP contribution in [-0.2, 0) is 0 Å². The smallest absolute Gasteiger partial charge is 0.358 e. The molecule has 0 saturated heterocycles. The molecule has 1 aliphatic rings. The number of carboxylic acids is 1. The Bertz CT molecular complexity index is 892. The van der Waals surface area contributed by atoms with Crippen molar-refractivity contribution >= 4 is 5.97 Å². The first-order valence-corrected chi connectivity index (χ1v) is 6.74. The number of rotatable bonds is 3. The quantitative estimate of drug-likeness (QED) is 0.786. The van der Waals surface area contributed by atoms with Gasteiger partial charge >= 0.3 is 5.97 Å². The highest BCUT2D eigenvalue weighted by molar-refractivity contribution is 5.92. The van der Waals surface area contributed by atoms with Crippen LogP contribution in [0.4, 0.5) is 0 Å². The number of hydrogen-bond donors (Lipinski definition) is 1. The standard InChI is InChI=1S/C15H10N4O4/c20-15(21)13-14(10-3-1-2-6-16-10)19(18-17-13)9-4-5-11-12(7-9)23-8-22-11/h1-7H,8H2,(H,20,21). The first-order valence-electron chi connectivity index (χ1n) is 6.74. The van der Waals surface area contributed by atoms with Gasteiger partial charge in [-0.15, -0.1) is 5.10 Å². The van der Waals surface area contributed by atoms with Crippen LogP contribution < -0.4 is 9.47 Å². The number of carboxylic acid groups (broad SMARTS) is 1. The maximum Gasteiger partial charge on any atom is 0.358 e. The van der Waals surface area contributed by atoms with Crippen molar-refractivity contribution in [2.45, 2.75) is 0 Å². The SMILES string of the molecule is O=C(O)c1nnn(-c2ccc3c(c2)OCO3)c1-c1ccccn1. The largest absolute Gasteiger partial charge is 0.476 e. The monoisotopic (exact) mass is 310 g/mol. The Hall–Kier alpha value is -3.42. The lowest BCUT2D eigenvalue weighted by atomic mass is 10.2. The van der Waals surface area contributed by atoms with E-state index in [4.69, 9.17) is 9.47 Å². The predicted molar refractivity (Wildman–Crippen MR) is 77.7 cm³/mol. The van der Waals surface area contributed by atoms with Gasteiger partial charge in [0.15, 0.2) is 17.2 Å². The molecule has 23 heavy (non-hydrogen) atoms. The average Bonchev–Trinajstić information content (AvgIpc) is 3.21. The number of aromatic nitrogens is 4. The molecule has 0 atom stereocenters. The van der Waals surface area contributed by atoms with Crippen molar-refractivity contribution in [1.82, 2.24) is 20.0 Å². The highest BCUT2D eigenvalue weighted by atomic mass is 16.7. The van der Waals surface area contributed by atoms with Gasteiger partial charge in [0, 0.05) is 12.3 Å². The molecule has 0 amide bonds. The van der Waals surface area contributed by atoms with Gasteiger partial charge in [0.1, 0.15) is 5.69 Å². The molecule has 1 aromatic carbocycles. The first kappa shape index (κ1) is 13.3. The number of fused-ring (bicyclic) bond motifs is 1. The number of ether oxygens (including phenoxy) is 2. The summed E-state index contributed by atoms with van der Waals surface area (Å²) < 4.78 is 12.0. The summed E-state index contributed by atoms with van der Waals surface area (Å²) in [6.45, 7) is 0.156. The summed E-state index contributed by atoms with van der Waals surface area (Å²) in [5.74, 6) is 0.0335. The summed E-state index contributed by atoms with van der Waals surface area (Å²) >= 11 is 0.